The summed E-state index contributed by atoms with van der Waals surface area (Å²) in [6, 6.07) is 7.06. The number of hydrogen-bond acceptors (Lipinski definition) is 4. The molecule has 0 fully saturated rings. The highest BCUT2D eigenvalue weighted by molar-refractivity contribution is 5.85. The largest absolute Gasteiger partial charge is 0.477 e. The number of carboxylic acids is 1. The lowest BCUT2D eigenvalue weighted by Gasteiger charge is -2.16. The Morgan fingerprint density at radius 1 is 1.28 bits per heavy atom. The molecule has 1 N–H and O–H groups in total. The number of aromatic nitrogens is 2. The first-order valence-electron chi connectivity index (χ1n) is 5.13. The molecule has 1 aromatic carbocycles. The van der Waals surface area contributed by atoms with Crippen LogP contribution in [0.1, 0.15) is 10.5 Å². The molecular weight excluding hydrogens is 237 g/mol. The Labute approximate surface area is 103 Å². The fourth-order valence-electron chi connectivity index (χ4n) is 1.41. The summed E-state index contributed by atoms with van der Waals surface area (Å²) < 4.78 is 12.8. The van der Waals surface area contributed by atoms with E-state index in [4.69, 9.17) is 5.11 Å². The molecule has 0 aliphatic rings. The molecule has 1 heterocycles. The summed E-state index contributed by atoms with van der Waals surface area (Å²) >= 11 is 0. The molecule has 0 saturated heterocycles. The number of rotatable bonds is 3. The molecule has 0 radical (unpaired) electrons. The average molecular weight is 247 g/mol. The van der Waals surface area contributed by atoms with Crippen molar-refractivity contribution >= 4 is 17.6 Å². The minimum absolute atomic E-state index is 0.0889. The molecule has 0 amide bonds. The Morgan fingerprint density at radius 3 is 2.56 bits per heavy atom. The molecule has 0 saturated carbocycles. The zero-order valence-electron chi connectivity index (χ0n) is 9.54. The standard InChI is InChI=1S/C12H10FN3O2/c1-16(9-4-2-8(13)3-5-9)12-14-7-6-10(15-12)11(17)18/h2-7H,1H3,(H,17,18). The van der Waals surface area contributed by atoms with Gasteiger partial charge in [0.1, 0.15) is 5.82 Å². The first-order chi connectivity index (χ1) is 8.58. The number of carboxylic acid groups (broad SMARTS) is 1. The zero-order chi connectivity index (χ0) is 13.1. The Hall–Kier alpha value is -2.50. The van der Waals surface area contributed by atoms with E-state index < -0.39 is 5.97 Å². The van der Waals surface area contributed by atoms with E-state index in [1.165, 1.54) is 24.4 Å². The van der Waals surface area contributed by atoms with Crippen molar-refractivity contribution in [2.75, 3.05) is 11.9 Å². The van der Waals surface area contributed by atoms with Crippen molar-refractivity contribution in [1.29, 1.82) is 0 Å². The number of benzene rings is 1. The van der Waals surface area contributed by atoms with Gasteiger partial charge in [0.25, 0.3) is 0 Å². The Kier molecular flexibility index (Phi) is 3.18. The predicted octanol–water partition coefficient (Wildman–Crippen LogP) is 2.08. The lowest BCUT2D eigenvalue weighted by Crippen LogP contribution is -2.14. The first-order valence-corrected chi connectivity index (χ1v) is 5.13. The van der Waals surface area contributed by atoms with E-state index in [2.05, 4.69) is 9.97 Å². The molecule has 0 spiro atoms. The number of nitrogens with zero attached hydrogens (tertiary/aromatic N) is 3. The van der Waals surface area contributed by atoms with E-state index in [0.717, 1.165) is 0 Å². The average Bonchev–Trinajstić information content (AvgIpc) is 2.39. The van der Waals surface area contributed by atoms with E-state index >= 15 is 0 Å². The van der Waals surface area contributed by atoms with Crippen LogP contribution in [-0.2, 0) is 0 Å². The molecule has 0 unspecified atom stereocenters. The fraction of sp³-hybridized carbons (Fsp3) is 0.0833. The number of anilines is 2. The van der Waals surface area contributed by atoms with Crippen molar-refractivity contribution in [3.63, 3.8) is 0 Å². The summed E-state index contributed by atoms with van der Waals surface area (Å²) in [5.41, 5.74) is 0.577. The van der Waals surface area contributed by atoms with Gasteiger partial charge in [0.05, 0.1) is 0 Å². The van der Waals surface area contributed by atoms with Gasteiger partial charge in [0.15, 0.2) is 5.69 Å². The minimum Gasteiger partial charge on any atom is -0.477 e. The van der Waals surface area contributed by atoms with E-state index in [1.54, 1.807) is 24.1 Å². The van der Waals surface area contributed by atoms with E-state index in [1.807, 2.05) is 0 Å². The van der Waals surface area contributed by atoms with Gasteiger partial charge in [0.2, 0.25) is 5.95 Å². The molecule has 0 bridgehead atoms. The third kappa shape index (κ3) is 2.42. The number of carbonyl (C=O) groups is 1. The molecular formula is C12H10FN3O2. The second kappa shape index (κ2) is 4.79. The van der Waals surface area contributed by atoms with Crippen LogP contribution in [0.3, 0.4) is 0 Å². The highest BCUT2D eigenvalue weighted by Crippen LogP contribution is 2.19. The molecule has 1 aromatic heterocycles. The summed E-state index contributed by atoms with van der Waals surface area (Å²) in [4.78, 5) is 20.2. The first kappa shape index (κ1) is 12.0. The summed E-state index contributed by atoms with van der Waals surface area (Å²) in [6.45, 7) is 0. The Morgan fingerprint density at radius 2 is 1.94 bits per heavy atom. The van der Waals surface area contributed by atoms with Gasteiger partial charge in [0, 0.05) is 18.9 Å². The summed E-state index contributed by atoms with van der Waals surface area (Å²) in [5.74, 6) is -1.22. The van der Waals surface area contributed by atoms with Gasteiger partial charge in [-0.3, -0.25) is 0 Å². The van der Waals surface area contributed by atoms with Crippen LogP contribution in [0.15, 0.2) is 36.5 Å². The third-order valence-electron chi connectivity index (χ3n) is 2.38. The molecule has 2 aromatic rings. The van der Waals surface area contributed by atoms with Gasteiger partial charge in [-0.25, -0.2) is 19.2 Å². The van der Waals surface area contributed by atoms with E-state index in [9.17, 15) is 9.18 Å². The van der Waals surface area contributed by atoms with Crippen LogP contribution in [0.5, 0.6) is 0 Å². The van der Waals surface area contributed by atoms with Crippen LogP contribution in [0, 0.1) is 5.82 Å². The molecule has 92 valence electrons. The normalized spacial score (nSPS) is 10.1. The maximum absolute atomic E-state index is 12.8. The summed E-state index contributed by atoms with van der Waals surface area (Å²) in [6.07, 6.45) is 1.37. The second-order valence-corrected chi connectivity index (χ2v) is 3.58. The maximum atomic E-state index is 12.8. The lowest BCUT2D eigenvalue weighted by molar-refractivity contribution is 0.0690. The van der Waals surface area contributed by atoms with Crippen molar-refractivity contribution in [3.05, 3.63) is 48.0 Å². The van der Waals surface area contributed by atoms with Crippen LogP contribution in [-0.4, -0.2) is 28.1 Å². The number of hydrogen-bond donors (Lipinski definition) is 1. The van der Waals surface area contributed by atoms with Gasteiger partial charge in [-0.1, -0.05) is 0 Å². The van der Waals surface area contributed by atoms with Gasteiger partial charge in [-0.05, 0) is 30.3 Å². The molecule has 0 atom stereocenters. The monoisotopic (exact) mass is 247 g/mol. The molecule has 0 aliphatic heterocycles. The van der Waals surface area contributed by atoms with Crippen LogP contribution < -0.4 is 4.90 Å². The van der Waals surface area contributed by atoms with Crippen LogP contribution in [0.25, 0.3) is 0 Å². The van der Waals surface area contributed by atoms with Crippen molar-refractivity contribution < 1.29 is 14.3 Å². The zero-order valence-corrected chi connectivity index (χ0v) is 9.54. The van der Waals surface area contributed by atoms with E-state index in [0.29, 0.717) is 5.69 Å². The van der Waals surface area contributed by atoms with Gasteiger partial charge in [-0.15, -0.1) is 0 Å². The van der Waals surface area contributed by atoms with Crippen molar-refractivity contribution in [1.82, 2.24) is 9.97 Å². The smallest absolute Gasteiger partial charge is 0.354 e. The lowest BCUT2D eigenvalue weighted by atomic mass is 10.3. The van der Waals surface area contributed by atoms with E-state index in [-0.39, 0.29) is 17.5 Å². The Bertz CT molecular complexity index is 572. The molecule has 5 nitrogen and oxygen atoms in total. The van der Waals surface area contributed by atoms with Crippen molar-refractivity contribution in [2.45, 2.75) is 0 Å². The summed E-state index contributed by atoms with van der Waals surface area (Å²) in [7, 11) is 1.67. The molecule has 18 heavy (non-hydrogen) atoms. The third-order valence-corrected chi connectivity index (χ3v) is 2.38. The highest BCUT2D eigenvalue weighted by atomic mass is 19.1. The van der Waals surface area contributed by atoms with Crippen molar-refractivity contribution in [2.24, 2.45) is 0 Å². The van der Waals surface area contributed by atoms with Crippen LogP contribution in [0.2, 0.25) is 0 Å². The fourth-order valence-corrected chi connectivity index (χ4v) is 1.41. The number of halogens is 1. The predicted molar refractivity (Wildman–Crippen MR) is 63.5 cm³/mol. The second-order valence-electron chi connectivity index (χ2n) is 3.58. The maximum Gasteiger partial charge on any atom is 0.354 e. The van der Waals surface area contributed by atoms with Crippen LogP contribution >= 0.6 is 0 Å². The summed E-state index contributed by atoms with van der Waals surface area (Å²) in [5, 5.41) is 8.84. The quantitative estimate of drug-likeness (QED) is 0.899. The van der Waals surface area contributed by atoms with Crippen molar-refractivity contribution in [3.8, 4) is 0 Å². The van der Waals surface area contributed by atoms with Gasteiger partial charge in [-0.2, -0.15) is 0 Å². The number of aromatic carboxylic acids is 1. The molecule has 2 rings (SSSR count). The van der Waals surface area contributed by atoms with Crippen LogP contribution in [0.4, 0.5) is 16.0 Å². The Balaban J connectivity index is 2.33. The van der Waals surface area contributed by atoms with Gasteiger partial charge >= 0.3 is 5.97 Å². The molecule has 0 aliphatic carbocycles. The minimum atomic E-state index is -1.12. The molecule has 6 heteroatoms. The SMILES string of the molecule is CN(c1ccc(F)cc1)c1nccc(C(=O)O)n1. The topological polar surface area (TPSA) is 66.3 Å². The van der Waals surface area contributed by atoms with Gasteiger partial charge < -0.3 is 10.0 Å². The highest BCUT2D eigenvalue weighted by Gasteiger charge is 2.10.